The quantitative estimate of drug-likeness (QED) is 0.738. The van der Waals surface area contributed by atoms with E-state index in [1.54, 1.807) is 6.07 Å². The van der Waals surface area contributed by atoms with Crippen LogP contribution in [0.15, 0.2) is 48.5 Å². The van der Waals surface area contributed by atoms with Crippen molar-refractivity contribution in [2.75, 3.05) is 6.86 Å². The SMILES string of the molecule is FCOc1[c]c(-c2ccccc2)ccc1. The van der Waals surface area contributed by atoms with Gasteiger partial charge in [0.2, 0.25) is 6.86 Å². The molecular weight excluding hydrogens is 191 g/mol. The molecule has 0 aromatic heterocycles. The van der Waals surface area contributed by atoms with Crippen LogP contribution in [-0.4, -0.2) is 6.86 Å². The fourth-order valence-electron chi connectivity index (χ4n) is 1.38. The Morgan fingerprint density at radius 1 is 1.00 bits per heavy atom. The van der Waals surface area contributed by atoms with Gasteiger partial charge < -0.3 is 4.74 Å². The third-order valence-corrected chi connectivity index (χ3v) is 2.06. The lowest BCUT2D eigenvalue weighted by Gasteiger charge is -2.04. The second-order valence-electron chi connectivity index (χ2n) is 3.05. The van der Waals surface area contributed by atoms with E-state index in [-0.39, 0.29) is 0 Å². The van der Waals surface area contributed by atoms with E-state index in [0.717, 1.165) is 11.1 Å². The van der Waals surface area contributed by atoms with Crippen LogP contribution < -0.4 is 4.74 Å². The van der Waals surface area contributed by atoms with E-state index in [1.807, 2.05) is 42.5 Å². The zero-order valence-electron chi connectivity index (χ0n) is 8.11. The third-order valence-electron chi connectivity index (χ3n) is 2.06. The van der Waals surface area contributed by atoms with Gasteiger partial charge in [-0.15, -0.1) is 0 Å². The predicted molar refractivity (Wildman–Crippen MR) is 57.3 cm³/mol. The zero-order chi connectivity index (χ0) is 10.5. The molecule has 15 heavy (non-hydrogen) atoms. The van der Waals surface area contributed by atoms with Crippen molar-refractivity contribution >= 4 is 0 Å². The highest BCUT2D eigenvalue weighted by Gasteiger charge is 1.99. The predicted octanol–water partition coefficient (Wildman–Crippen LogP) is 3.46. The summed E-state index contributed by atoms with van der Waals surface area (Å²) in [6.45, 7) is -0.825. The second kappa shape index (κ2) is 4.60. The summed E-state index contributed by atoms with van der Waals surface area (Å²) >= 11 is 0. The van der Waals surface area contributed by atoms with E-state index in [1.165, 1.54) is 0 Å². The average molecular weight is 201 g/mol. The average Bonchev–Trinajstić information content (AvgIpc) is 2.31. The number of rotatable bonds is 3. The third kappa shape index (κ3) is 2.34. The molecule has 2 rings (SSSR count). The number of hydrogen-bond donors (Lipinski definition) is 0. The molecular formula is C13H10FO. The summed E-state index contributed by atoms with van der Waals surface area (Å²) in [5.41, 5.74) is 1.95. The Morgan fingerprint density at radius 2 is 1.80 bits per heavy atom. The molecule has 2 aromatic rings. The van der Waals surface area contributed by atoms with Crippen LogP contribution in [0.5, 0.6) is 5.75 Å². The van der Waals surface area contributed by atoms with Crippen LogP contribution in [0.25, 0.3) is 11.1 Å². The van der Waals surface area contributed by atoms with Crippen LogP contribution in [0, 0.1) is 6.07 Å². The van der Waals surface area contributed by atoms with Crippen LogP contribution in [0.4, 0.5) is 4.39 Å². The van der Waals surface area contributed by atoms with Gasteiger partial charge in [0.05, 0.1) is 0 Å². The fourth-order valence-corrected chi connectivity index (χ4v) is 1.38. The molecule has 2 aromatic carbocycles. The summed E-state index contributed by atoms with van der Waals surface area (Å²) in [6.07, 6.45) is 0. The number of hydrogen-bond acceptors (Lipinski definition) is 1. The Labute approximate surface area is 88.1 Å². The monoisotopic (exact) mass is 201 g/mol. The molecule has 0 aliphatic carbocycles. The van der Waals surface area contributed by atoms with Gasteiger partial charge in [-0.05, 0) is 17.2 Å². The van der Waals surface area contributed by atoms with Crippen molar-refractivity contribution in [1.29, 1.82) is 0 Å². The summed E-state index contributed by atoms with van der Waals surface area (Å²) in [6, 6.07) is 18.2. The Hall–Kier alpha value is -1.83. The first-order valence-corrected chi connectivity index (χ1v) is 4.66. The molecule has 2 heteroatoms. The molecule has 0 spiro atoms. The van der Waals surface area contributed by atoms with E-state index in [9.17, 15) is 4.39 Å². The Balaban J connectivity index is 2.33. The first-order chi connectivity index (χ1) is 7.40. The highest BCUT2D eigenvalue weighted by Crippen LogP contribution is 2.22. The summed E-state index contributed by atoms with van der Waals surface area (Å²) in [5, 5.41) is 0. The lowest BCUT2D eigenvalue weighted by molar-refractivity contribution is 0.191. The standard InChI is InChI=1S/C13H10FO/c14-10-15-13-8-4-7-12(9-13)11-5-2-1-3-6-11/h1-8H,10H2. The topological polar surface area (TPSA) is 9.23 Å². The van der Waals surface area contributed by atoms with Crippen LogP contribution in [0.2, 0.25) is 0 Å². The smallest absolute Gasteiger partial charge is 0.228 e. The normalized spacial score (nSPS) is 9.93. The van der Waals surface area contributed by atoms with Crippen molar-refractivity contribution in [3.8, 4) is 16.9 Å². The van der Waals surface area contributed by atoms with E-state index in [4.69, 9.17) is 4.74 Å². The molecule has 0 amide bonds. The highest BCUT2D eigenvalue weighted by molar-refractivity contribution is 5.63. The molecule has 0 aliphatic rings. The minimum atomic E-state index is -0.825. The van der Waals surface area contributed by atoms with E-state index < -0.39 is 6.86 Å². The van der Waals surface area contributed by atoms with Gasteiger partial charge in [0.1, 0.15) is 5.75 Å². The molecule has 0 unspecified atom stereocenters. The van der Waals surface area contributed by atoms with Gasteiger partial charge in [-0.25, -0.2) is 4.39 Å². The summed E-state index contributed by atoms with van der Waals surface area (Å²) in [7, 11) is 0. The minimum Gasteiger partial charge on any atom is -0.462 e. The van der Waals surface area contributed by atoms with Crippen LogP contribution in [0.1, 0.15) is 0 Å². The first-order valence-electron chi connectivity index (χ1n) is 4.66. The van der Waals surface area contributed by atoms with Crippen LogP contribution in [-0.2, 0) is 0 Å². The fraction of sp³-hybridized carbons (Fsp3) is 0.0769. The molecule has 0 atom stereocenters. The van der Waals surface area contributed by atoms with E-state index >= 15 is 0 Å². The van der Waals surface area contributed by atoms with Gasteiger partial charge in [0.25, 0.3) is 0 Å². The van der Waals surface area contributed by atoms with Crippen LogP contribution >= 0.6 is 0 Å². The summed E-state index contributed by atoms with van der Waals surface area (Å²) in [5.74, 6) is 0.429. The van der Waals surface area contributed by atoms with Gasteiger partial charge in [0.15, 0.2) is 0 Å². The van der Waals surface area contributed by atoms with Gasteiger partial charge in [-0.1, -0.05) is 42.5 Å². The molecule has 0 N–H and O–H groups in total. The first kappa shape index (κ1) is 9.71. The highest BCUT2D eigenvalue weighted by atomic mass is 19.1. The van der Waals surface area contributed by atoms with E-state index in [0.29, 0.717) is 5.75 Å². The van der Waals surface area contributed by atoms with Crippen molar-refractivity contribution in [3.63, 3.8) is 0 Å². The molecule has 1 nitrogen and oxygen atoms in total. The van der Waals surface area contributed by atoms with Crippen molar-refractivity contribution < 1.29 is 9.13 Å². The molecule has 75 valence electrons. The maximum atomic E-state index is 12.0. The minimum absolute atomic E-state index is 0.429. The Kier molecular flexibility index (Phi) is 2.98. The zero-order valence-corrected chi connectivity index (χ0v) is 8.11. The van der Waals surface area contributed by atoms with Crippen LogP contribution in [0.3, 0.4) is 0 Å². The van der Waals surface area contributed by atoms with Gasteiger partial charge in [0, 0.05) is 6.07 Å². The summed E-state index contributed by atoms with van der Waals surface area (Å²) < 4.78 is 16.7. The van der Waals surface area contributed by atoms with Crippen molar-refractivity contribution in [3.05, 3.63) is 54.6 Å². The maximum Gasteiger partial charge on any atom is 0.228 e. The number of alkyl halides is 1. The second-order valence-corrected chi connectivity index (χ2v) is 3.05. The van der Waals surface area contributed by atoms with Crippen molar-refractivity contribution in [1.82, 2.24) is 0 Å². The van der Waals surface area contributed by atoms with Crippen molar-refractivity contribution in [2.24, 2.45) is 0 Å². The molecule has 1 radical (unpaired) electrons. The largest absolute Gasteiger partial charge is 0.462 e. The lowest BCUT2D eigenvalue weighted by atomic mass is 10.1. The summed E-state index contributed by atoms with van der Waals surface area (Å²) in [4.78, 5) is 0. The maximum absolute atomic E-state index is 12.0. The van der Waals surface area contributed by atoms with Crippen molar-refractivity contribution in [2.45, 2.75) is 0 Å². The Bertz CT molecular complexity index is 426. The van der Waals surface area contributed by atoms with Gasteiger partial charge in [-0.2, -0.15) is 0 Å². The van der Waals surface area contributed by atoms with Gasteiger partial charge >= 0.3 is 0 Å². The number of ether oxygens (including phenoxy) is 1. The molecule has 0 saturated carbocycles. The molecule has 0 fully saturated rings. The van der Waals surface area contributed by atoms with Gasteiger partial charge in [-0.3, -0.25) is 0 Å². The number of benzene rings is 2. The Morgan fingerprint density at radius 3 is 2.53 bits per heavy atom. The van der Waals surface area contributed by atoms with E-state index in [2.05, 4.69) is 6.07 Å². The molecule has 0 heterocycles. The molecule has 0 saturated heterocycles. The molecule has 0 aliphatic heterocycles. The number of halogens is 1. The molecule has 0 bridgehead atoms. The lowest BCUT2D eigenvalue weighted by Crippen LogP contribution is -1.90.